The Kier molecular flexibility index (Phi) is 3.30. The lowest BCUT2D eigenvalue weighted by Crippen LogP contribution is -2.19. The zero-order valence-corrected chi connectivity index (χ0v) is 13.2. The first-order valence-electron chi connectivity index (χ1n) is 8.50. The third-order valence-corrected chi connectivity index (χ3v) is 4.84. The van der Waals surface area contributed by atoms with Gasteiger partial charge in [-0.2, -0.15) is 0 Å². The third kappa shape index (κ3) is 2.50. The Morgan fingerprint density at radius 2 is 1.95 bits per heavy atom. The fraction of sp³-hybridized carbons (Fsp3) is 0.579. The molecule has 2 aliphatic carbocycles. The topological polar surface area (TPSA) is 25.2 Å². The molecule has 0 atom stereocenters. The van der Waals surface area contributed by atoms with Gasteiger partial charge in [0, 0.05) is 10.9 Å². The molecular weight excluding hydrogens is 258 g/mol. The van der Waals surface area contributed by atoms with Gasteiger partial charge < -0.3 is 9.73 Å². The van der Waals surface area contributed by atoms with Crippen LogP contribution in [0.5, 0.6) is 0 Å². The smallest absolute Gasteiger partial charge is 0.134 e. The van der Waals surface area contributed by atoms with Gasteiger partial charge in [0.1, 0.15) is 11.3 Å². The average molecular weight is 283 g/mol. The standard InChI is InChI=1S/C19H25NO/c1-12(2)10-20-11-18-19(13-6-7-13)16-8-14-4-3-5-15(14)9-17(16)21-18/h8-9,12-13,20H,3-7,10-11H2,1-2H3. The van der Waals surface area contributed by atoms with E-state index in [1.54, 1.807) is 5.56 Å². The maximum absolute atomic E-state index is 6.25. The molecule has 4 rings (SSSR count). The summed E-state index contributed by atoms with van der Waals surface area (Å²) < 4.78 is 6.25. The van der Waals surface area contributed by atoms with Crippen LogP contribution in [-0.2, 0) is 19.4 Å². The van der Waals surface area contributed by atoms with E-state index in [1.165, 1.54) is 54.4 Å². The first-order valence-corrected chi connectivity index (χ1v) is 8.50. The zero-order valence-electron chi connectivity index (χ0n) is 13.2. The molecule has 1 heterocycles. The highest BCUT2D eigenvalue weighted by molar-refractivity contribution is 5.85. The maximum atomic E-state index is 6.25. The predicted octanol–water partition coefficient (Wildman–Crippen LogP) is 4.54. The molecule has 2 heteroatoms. The van der Waals surface area contributed by atoms with Crippen molar-refractivity contribution in [3.05, 3.63) is 34.6 Å². The first kappa shape index (κ1) is 13.4. The minimum Gasteiger partial charge on any atom is -0.459 e. The van der Waals surface area contributed by atoms with Gasteiger partial charge in [-0.05, 0) is 73.7 Å². The summed E-state index contributed by atoms with van der Waals surface area (Å²) in [5, 5.41) is 4.95. The van der Waals surface area contributed by atoms with Crippen LogP contribution in [0.25, 0.3) is 11.0 Å². The third-order valence-electron chi connectivity index (χ3n) is 4.84. The SMILES string of the molecule is CC(C)CNCc1oc2cc3c(cc2c1C1CC1)CCC3. The van der Waals surface area contributed by atoms with Gasteiger partial charge in [-0.1, -0.05) is 13.8 Å². The minimum absolute atomic E-state index is 0.683. The minimum atomic E-state index is 0.683. The number of nitrogens with one attached hydrogen (secondary N) is 1. The van der Waals surface area contributed by atoms with Gasteiger partial charge in [0.15, 0.2) is 0 Å². The van der Waals surface area contributed by atoms with Crippen LogP contribution in [0.15, 0.2) is 16.5 Å². The first-order chi connectivity index (χ1) is 10.2. The van der Waals surface area contributed by atoms with E-state index in [0.29, 0.717) is 5.92 Å². The summed E-state index contributed by atoms with van der Waals surface area (Å²) in [6.07, 6.45) is 6.46. The second-order valence-corrected chi connectivity index (χ2v) is 7.21. The van der Waals surface area contributed by atoms with Crippen molar-refractivity contribution in [3.8, 4) is 0 Å². The van der Waals surface area contributed by atoms with E-state index in [1.807, 2.05) is 0 Å². The average Bonchev–Trinajstić information content (AvgIpc) is 3.07. The van der Waals surface area contributed by atoms with Gasteiger partial charge >= 0.3 is 0 Å². The Morgan fingerprint density at radius 3 is 2.67 bits per heavy atom. The molecule has 1 saturated carbocycles. The van der Waals surface area contributed by atoms with Crippen molar-refractivity contribution >= 4 is 11.0 Å². The molecule has 2 aromatic rings. The van der Waals surface area contributed by atoms with Crippen molar-refractivity contribution < 1.29 is 4.42 Å². The highest BCUT2D eigenvalue weighted by Crippen LogP contribution is 2.47. The molecule has 0 unspecified atom stereocenters. The van der Waals surface area contributed by atoms with Gasteiger partial charge in [0.05, 0.1) is 6.54 Å². The van der Waals surface area contributed by atoms with Crippen LogP contribution in [-0.4, -0.2) is 6.54 Å². The molecule has 0 amide bonds. The van der Waals surface area contributed by atoms with E-state index in [2.05, 4.69) is 31.3 Å². The molecule has 112 valence electrons. The van der Waals surface area contributed by atoms with E-state index in [4.69, 9.17) is 4.42 Å². The Balaban J connectivity index is 1.70. The molecular formula is C19H25NO. The molecule has 0 saturated heterocycles. The molecule has 0 radical (unpaired) electrons. The second kappa shape index (κ2) is 5.17. The Morgan fingerprint density at radius 1 is 1.19 bits per heavy atom. The molecule has 0 spiro atoms. The number of hydrogen-bond acceptors (Lipinski definition) is 2. The number of aryl methyl sites for hydroxylation is 2. The van der Waals surface area contributed by atoms with Gasteiger partial charge in [-0.25, -0.2) is 0 Å². The summed E-state index contributed by atoms with van der Waals surface area (Å²) in [5.74, 6) is 2.63. The van der Waals surface area contributed by atoms with Gasteiger partial charge in [0.2, 0.25) is 0 Å². The van der Waals surface area contributed by atoms with Crippen LogP contribution in [0, 0.1) is 5.92 Å². The van der Waals surface area contributed by atoms with Crippen molar-refractivity contribution in [3.63, 3.8) is 0 Å². The lowest BCUT2D eigenvalue weighted by atomic mass is 10.0. The van der Waals surface area contributed by atoms with Crippen LogP contribution in [0.4, 0.5) is 0 Å². The van der Waals surface area contributed by atoms with Crippen molar-refractivity contribution in [2.75, 3.05) is 6.54 Å². The maximum Gasteiger partial charge on any atom is 0.134 e. The van der Waals surface area contributed by atoms with E-state index in [9.17, 15) is 0 Å². The fourth-order valence-electron chi connectivity index (χ4n) is 3.66. The number of rotatable bonds is 5. The second-order valence-electron chi connectivity index (χ2n) is 7.21. The summed E-state index contributed by atoms with van der Waals surface area (Å²) in [5.41, 5.74) is 5.71. The summed E-state index contributed by atoms with van der Waals surface area (Å²) in [6, 6.07) is 4.75. The Labute approximate surface area is 126 Å². The van der Waals surface area contributed by atoms with Crippen molar-refractivity contribution in [2.45, 2.75) is 58.4 Å². The quantitative estimate of drug-likeness (QED) is 0.871. The largest absolute Gasteiger partial charge is 0.459 e. The highest BCUT2D eigenvalue weighted by atomic mass is 16.3. The highest BCUT2D eigenvalue weighted by Gasteiger charge is 2.31. The summed E-state index contributed by atoms with van der Waals surface area (Å²) in [7, 11) is 0. The number of furan rings is 1. The number of hydrogen-bond donors (Lipinski definition) is 1. The zero-order chi connectivity index (χ0) is 14.4. The van der Waals surface area contributed by atoms with Gasteiger partial charge in [-0.3, -0.25) is 0 Å². The molecule has 0 aliphatic heterocycles. The van der Waals surface area contributed by atoms with E-state index in [0.717, 1.165) is 24.6 Å². The van der Waals surface area contributed by atoms with E-state index >= 15 is 0 Å². The van der Waals surface area contributed by atoms with Crippen molar-refractivity contribution in [1.29, 1.82) is 0 Å². The van der Waals surface area contributed by atoms with Crippen molar-refractivity contribution in [2.24, 2.45) is 5.92 Å². The normalized spacial score (nSPS) is 17.9. The Hall–Kier alpha value is -1.28. The van der Waals surface area contributed by atoms with Crippen LogP contribution in [0.3, 0.4) is 0 Å². The lowest BCUT2D eigenvalue weighted by Gasteiger charge is -2.07. The molecule has 2 aliphatic rings. The summed E-state index contributed by atoms with van der Waals surface area (Å²) in [6.45, 7) is 6.43. The van der Waals surface area contributed by atoms with Crippen LogP contribution in [0.1, 0.15) is 61.5 Å². The predicted molar refractivity (Wildman–Crippen MR) is 86.8 cm³/mol. The van der Waals surface area contributed by atoms with E-state index < -0.39 is 0 Å². The molecule has 1 N–H and O–H groups in total. The molecule has 1 fully saturated rings. The molecule has 2 nitrogen and oxygen atoms in total. The number of fused-ring (bicyclic) bond motifs is 2. The molecule has 1 aromatic carbocycles. The fourth-order valence-corrected chi connectivity index (χ4v) is 3.66. The monoisotopic (exact) mass is 283 g/mol. The van der Waals surface area contributed by atoms with Crippen LogP contribution >= 0.6 is 0 Å². The van der Waals surface area contributed by atoms with E-state index in [-0.39, 0.29) is 0 Å². The van der Waals surface area contributed by atoms with Gasteiger partial charge in [0.25, 0.3) is 0 Å². The molecule has 21 heavy (non-hydrogen) atoms. The number of benzene rings is 1. The molecule has 1 aromatic heterocycles. The Bertz CT molecular complexity index is 664. The summed E-state index contributed by atoms with van der Waals surface area (Å²) in [4.78, 5) is 0. The van der Waals surface area contributed by atoms with Crippen LogP contribution in [0.2, 0.25) is 0 Å². The molecule has 0 bridgehead atoms. The van der Waals surface area contributed by atoms with Gasteiger partial charge in [-0.15, -0.1) is 0 Å². The lowest BCUT2D eigenvalue weighted by molar-refractivity contribution is 0.481. The van der Waals surface area contributed by atoms with Crippen molar-refractivity contribution in [1.82, 2.24) is 5.32 Å². The summed E-state index contributed by atoms with van der Waals surface area (Å²) >= 11 is 0. The van der Waals surface area contributed by atoms with Crippen LogP contribution < -0.4 is 5.32 Å².